The minimum atomic E-state index is 0.909. The van der Waals surface area contributed by atoms with Crippen LogP contribution < -0.4 is 0 Å². The summed E-state index contributed by atoms with van der Waals surface area (Å²) in [6.07, 6.45) is 3.65. The third-order valence-electron chi connectivity index (χ3n) is 3.40. The highest BCUT2D eigenvalue weighted by Crippen LogP contribution is 2.12. The predicted molar refractivity (Wildman–Crippen MR) is 87.7 cm³/mol. The quantitative estimate of drug-likeness (QED) is 0.513. The summed E-state index contributed by atoms with van der Waals surface area (Å²) in [4.78, 5) is 4.85. The Morgan fingerprint density at radius 1 is 0.850 bits per heavy atom. The van der Waals surface area contributed by atoms with E-state index in [9.17, 15) is 0 Å². The highest BCUT2D eigenvalue weighted by Gasteiger charge is 2.05. The number of aryl methyl sites for hydroxylation is 1. The van der Waals surface area contributed by atoms with E-state index in [0.717, 1.165) is 12.3 Å². The van der Waals surface area contributed by atoms with Gasteiger partial charge in [0.25, 0.3) is 0 Å². The van der Waals surface area contributed by atoms with E-state index >= 15 is 0 Å². The number of aliphatic imine (C=N–C) groups is 1. The van der Waals surface area contributed by atoms with Gasteiger partial charge >= 0.3 is 0 Å². The van der Waals surface area contributed by atoms with Crippen molar-refractivity contribution in [2.45, 2.75) is 33.1 Å². The van der Waals surface area contributed by atoms with E-state index in [1.165, 1.54) is 36.0 Å². The minimum Gasteiger partial charge on any atom is -0.284 e. The van der Waals surface area contributed by atoms with Crippen molar-refractivity contribution in [3.8, 4) is 0 Å². The van der Waals surface area contributed by atoms with E-state index in [4.69, 9.17) is 4.99 Å². The Morgan fingerprint density at radius 3 is 2.15 bits per heavy atom. The van der Waals surface area contributed by atoms with Crippen molar-refractivity contribution in [1.29, 1.82) is 0 Å². The summed E-state index contributed by atoms with van der Waals surface area (Å²) in [5.41, 5.74) is 4.81. The Labute approximate surface area is 122 Å². The maximum Gasteiger partial charge on any atom is 0.0718 e. The molecule has 0 bridgehead atoms. The molecule has 1 heteroatoms. The molecule has 0 fully saturated rings. The van der Waals surface area contributed by atoms with Crippen molar-refractivity contribution in [3.05, 3.63) is 71.3 Å². The molecule has 2 aromatic rings. The van der Waals surface area contributed by atoms with Crippen LogP contribution in [-0.2, 0) is 0 Å². The molecule has 0 aliphatic carbocycles. The summed E-state index contributed by atoms with van der Waals surface area (Å²) in [7, 11) is 0. The molecule has 0 saturated heterocycles. The second kappa shape index (κ2) is 7.64. The van der Waals surface area contributed by atoms with E-state index < -0.39 is 0 Å². The lowest BCUT2D eigenvalue weighted by Gasteiger charge is -2.08. The van der Waals surface area contributed by atoms with Gasteiger partial charge in [-0.2, -0.15) is 0 Å². The first kappa shape index (κ1) is 14.5. The average molecular weight is 265 g/mol. The van der Waals surface area contributed by atoms with Gasteiger partial charge in [-0.25, -0.2) is 0 Å². The largest absolute Gasteiger partial charge is 0.284 e. The topological polar surface area (TPSA) is 12.4 Å². The lowest BCUT2D eigenvalue weighted by atomic mass is 10.0. The van der Waals surface area contributed by atoms with Crippen molar-refractivity contribution in [2.24, 2.45) is 4.99 Å². The van der Waals surface area contributed by atoms with E-state index in [2.05, 4.69) is 62.4 Å². The summed E-state index contributed by atoms with van der Waals surface area (Å²) in [5.74, 6) is 0. The van der Waals surface area contributed by atoms with Crippen LogP contribution in [0.15, 0.2) is 59.6 Å². The van der Waals surface area contributed by atoms with Crippen LogP contribution >= 0.6 is 0 Å². The fourth-order valence-corrected chi connectivity index (χ4v) is 2.21. The monoisotopic (exact) mass is 265 g/mol. The molecule has 0 heterocycles. The Morgan fingerprint density at radius 2 is 1.50 bits per heavy atom. The fourth-order valence-electron chi connectivity index (χ4n) is 2.21. The summed E-state index contributed by atoms with van der Waals surface area (Å²) in [6, 6.07) is 19.1. The highest BCUT2D eigenvalue weighted by molar-refractivity contribution is 6.12. The van der Waals surface area contributed by atoms with Crippen LogP contribution in [0.25, 0.3) is 0 Å². The molecule has 0 amide bonds. The molecule has 2 rings (SSSR count). The van der Waals surface area contributed by atoms with Gasteiger partial charge in [-0.1, -0.05) is 79.9 Å². The SMILES string of the molecule is CCCCCN=C(c1ccccc1)c1ccc(C)cc1. The molecule has 0 N–H and O–H groups in total. The predicted octanol–water partition coefficient (Wildman–Crippen LogP) is 5.02. The third-order valence-corrected chi connectivity index (χ3v) is 3.40. The lowest BCUT2D eigenvalue weighted by molar-refractivity contribution is 0.728. The zero-order valence-corrected chi connectivity index (χ0v) is 12.5. The van der Waals surface area contributed by atoms with Crippen LogP contribution in [0.4, 0.5) is 0 Å². The van der Waals surface area contributed by atoms with Crippen molar-refractivity contribution in [1.82, 2.24) is 0 Å². The fraction of sp³-hybridized carbons (Fsp3) is 0.316. The highest BCUT2D eigenvalue weighted by atomic mass is 14.7. The number of hydrogen-bond acceptors (Lipinski definition) is 1. The molecule has 0 aromatic heterocycles. The first-order valence-electron chi connectivity index (χ1n) is 7.48. The third kappa shape index (κ3) is 4.06. The number of benzene rings is 2. The average Bonchev–Trinajstić information content (AvgIpc) is 2.50. The van der Waals surface area contributed by atoms with Gasteiger partial charge < -0.3 is 0 Å². The molecule has 0 aliphatic rings. The Balaban J connectivity index is 2.27. The molecule has 1 nitrogen and oxygen atoms in total. The van der Waals surface area contributed by atoms with Crippen molar-refractivity contribution in [2.75, 3.05) is 6.54 Å². The summed E-state index contributed by atoms with van der Waals surface area (Å²) < 4.78 is 0. The zero-order valence-electron chi connectivity index (χ0n) is 12.5. The normalized spacial score (nSPS) is 11.6. The molecule has 0 aliphatic heterocycles. The van der Waals surface area contributed by atoms with Crippen LogP contribution in [0.3, 0.4) is 0 Å². The van der Waals surface area contributed by atoms with Crippen LogP contribution in [0, 0.1) is 6.92 Å². The van der Waals surface area contributed by atoms with Gasteiger partial charge in [0, 0.05) is 17.7 Å². The summed E-state index contributed by atoms with van der Waals surface area (Å²) >= 11 is 0. The van der Waals surface area contributed by atoms with Crippen LogP contribution in [-0.4, -0.2) is 12.3 Å². The minimum absolute atomic E-state index is 0.909. The Kier molecular flexibility index (Phi) is 5.55. The van der Waals surface area contributed by atoms with Crippen molar-refractivity contribution < 1.29 is 0 Å². The molecule has 0 saturated carbocycles. The molecule has 20 heavy (non-hydrogen) atoms. The maximum atomic E-state index is 4.85. The standard InChI is InChI=1S/C19H23N/c1-3-4-8-15-20-19(17-9-6-5-7-10-17)18-13-11-16(2)12-14-18/h5-7,9-14H,3-4,8,15H2,1-2H3. The van der Waals surface area contributed by atoms with E-state index in [0.29, 0.717) is 0 Å². The van der Waals surface area contributed by atoms with Gasteiger partial charge in [0.05, 0.1) is 5.71 Å². The number of unbranched alkanes of at least 4 members (excludes halogenated alkanes) is 2. The Bertz CT molecular complexity index is 538. The van der Waals surface area contributed by atoms with Crippen molar-refractivity contribution >= 4 is 5.71 Å². The molecule has 0 unspecified atom stereocenters. The smallest absolute Gasteiger partial charge is 0.0718 e. The molecule has 0 spiro atoms. The van der Waals surface area contributed by atoms with Crippen LogP contribution in [0.5, 0.6) is 0 Å². The zero-order chi connectivity index (χ0) is 14.2. The summed E-state index contributed by atoms with van der Waals surface area (Å²) in [5, 5.41) is 0. The molecule has 104 valence electrons. The molecule has 0 atom stereocenters. The number of rotatable bonds is 6. The number of hydrogen-bond donors (Lipinski definition) is 0. The number of nitrogens with zero attached hydrogens (tertiary/aromatic N) is 1. The first-order valence-corrected chi connectivity index (χ1v) is 7.48. The van der Waals surface area contributed by atoms with Gasteiger partial charge in [-0.3, -0.25) is 4.99 Å². The molecule has 0 radical (unpaired) electrons. The second-order valence-electron chi connectivity index (χ2n) is 5.17. The molecular formula is C19H23N. The Hall–Kier alpha value is -1.89. The van der Waals surface area contributed by atoms with E-state index in [-0.39, 0.29) is 0 Å². The van der Waals surface area contributed by atoms with Gasteiger partial charge in [0.15, 0.2) is 0 Å². The van der Waals surface area contributed by atoms with Gasteiger partial charge in [0.1, 0.15) is 0 Å². The molecule has 2 aromatic carbocycles. The maximum absolute atomic E-state index is 4.85. The van der Waals surface area contributed by atoms with Crippen LogP contribution in [0.1, 0.15) is 42.9 Å². The second-order valence-corrected chi connectivity index (χ2v) is 5.17. The van der Waals surface area contributed by atoms with Crippen LogP contribution in [0.2, 0.25) is 0 Å². The van der Waals surface area contributed by atoms with E-state index in [1.54, 1.807) is 0 Å². The first-order chi connectivity index (χ1) is 9.81. The van der Waals surface area contributed by atoms with E-state index in [1.807, 2.05) is 6.07 Å². The van der Waals surface area contributed by atoms with Crippen molar-refractivity contribution in [3.63, 3.8) is 0 Å². The van der Waals surface area contributed by atoms with Gasteiger partial charge in [-0.15, -0.1) is 0 Å². The summed E-state index contributed by atoms with van der Waals surface area (Å²) in [6.45, 7) is 5.25. The lowest BCUT2D eigenvalue weighted by Crippen LogP contribution is -2.04. The molecular weight excluding hydrogens is 242 g/mol. The van der Waals surface area contributed by atoms with Gasteiger partial charge in [-0.05, 0) is 13.3 Å². The van der Waals surface area contributed by atoms with Gasteiger partial charge in [0.2, 0.25) is 0 Å².